The number of carbonyl (C=O) groups is 2. The average Bonchev–Trinajstić information content (AvgIpc) is 3.08. The summed E-state index contributed by atoms with van der Waals surface area (Å²) in [5, 5.41) is 2.21. The van der Waals surface area contributed by atoms with Crippen LogP contribution in [0.25, 0.3) is 0 Å². The maximum absolute atomic E-state index is 14.5. The molecule has 0 aromatic heterocycles. The number of hydrogen-bond acceptors (Lipinski definition) is 5. The van der Waals surface area contributed by atoms with Gasteiger partial charge in [-0.25, -0.2) is 8.42 Å². The van der Waals surface area contributed by atoms with Gasteiger partial charge in [-0.1, -0.05) is 78.7 Å². The van der Waals surface area contributed by atoms with E-state index in [-0.39, 0.29) is 17.9 Å². The van der Waals surface area contributed by atoms with Crippen molar-refractivity contribution in [3.8, 4) is 5.75 Å². The van der Waals surface area contributed by atoms with Crippen LogP contribution < -0.4 is 14.4 Å². The van der Waals surface area contributed by atoms with Crippen LogP contribution in [-0.4, -0.2) is 51.4 Å². The van der Waals surface area contributed by atoms with Crippen LogP contribution in [0.2, 0.25) is 5.02 Å². The fourth-order valence-corrected chi connectivity index (χ4v) is 6.77. The Morgan fingerprint density at radius 3 is 2.22 bits per heavy atom. The lowest BCUT2D eigenvalue weighted by Gasteiger charge is -2.34. The van der Waals surface area contributed by atoms with Crippen LogP contribution in [0.4, 0.5) is 18.9 Å². The summed E-state index contributed by atoms with van der Waals surface area (Å²) in [6.45, 7) is 2.88. The Morgan fingerprint density at radius 1 is 0.918 bits per heavy atom. The van der Waals surface area contributed by atoms with Crippen LogP contribution in [0.15, 0.2) is 102 Å². The van der Waals surface area contributed by atoms with E-state index in [1.54, 1.807) is 67.6 Å². The van der Waals surface area contributed by atoms with Gasteiger partial charge in [-0.05, 0) is 66.9 Å². The number of ether oxygens (including phenoxy) is 1. The van der Waals surface area contributed by atoms with Crippen molar-refractivity contribution < 1.29 is 35.9 Å². The van der Waals surface area contributed by atoms with Gasteiger partial charge in [-0.15, -0.1) is 0 Å². The molecule has 260 valence electrons. The van der Waals surface area contributed by atoms with Crippen molar-refractivity contribution in [1.82, 2.24) is 10.2 Å². The first-order valence-electron chi connectivity index (χ1n) is 15.4. The number of nitrogens with zero attached hydrogens (tertiary/aromatic N) is 2. The molecule has 4 aromatic carbocycles. The van der Waals surface area contributed by atoms with Gasteiger partial charge in [0.05, 0.1) is 28.3 Å². The fraction of sp³-hybridized carbons (Fsp3) is 0.278. The summed E-state index contributed by atoms with van der Waals surface area (Å²) in [6.07, 6.45) is -4.21. The van der Waals surface area contributed by atoms with Crippen LogP contribution >= 0.6 is 11.6 Å². The Bertz CT molecular complexity index is 1860. The van der Waals surface area contributed by atoms with E-state index in [0.29, 0.717) is 34.7 Å². The quantitative estimate of drug-likeness (QED) is 0.151. The third-order valence-corrected chi connectivity index (χ3v) is 9.86. The molecular formula is C36H37ClF3N3O5S. The molecule has 1 atom stereocenters. The molecule has 0 aliphatic carbocycles. The molecule has 8 nitrogen and oxygen atoms in total. The monoisotopic (exact) mass is 715 g/mol. The highest BCUT2D eigenvalue weighted by molar-refractivity contribution is 7.92. The predicted octanol–water partition coefficient (Wildman–Crippen LogP) is 7.04. The van der Waals surface area contributed by atoms with Gasteiger partial charge in [0.25, 0.3) is 10.0 Å². The van der Waals surface area contributed by atoms with E-state index >= 15 is 0 Å². The number of anilines is 1. The highest BCUT2D eigenvalue weighted by atomic mass is 35.5. The van der Waals surface area contributed by atoms with E-state index < -0.39 is 56.9 Å². The highest BCUT2D eigenvalue weighted by Gasteiger charge is 2.37. The van der Waals surface area contributed by atoms with E-state index in [1.165, 1.54) is 24.1 Å². The van der Waals surface area contributed by atoms with Crippen molar-refractivity contribution in [3.63, 3.8) is 0 Å². The van der Waals surface area contributed by atoms with E-state index in [0.717, 1.165) is 23.3 Å². The number of hydrogen-bond donors (Lipinski definition) is 1. The van der Waals surface area contributed by atoms with Crippen molar-refractivity contribution in [3.05, 3.63) is 124 Å². The molecule has 1 N–H and O–H groups in total. The average molecular weight is 716 g/mol. The van der Waals surface area contributed by atoms with Crippen LogP contribution in [0.5, 0.6) is 5.75 Å². The molecule has 49 heavy (non-hydrogen) atoms. The molecule has 4 aromatic rings. The molecule has 0 saturated heterocycles. The number of halogens is 4. The zero-order valence-corrected chi connectivity index (χ0v) is 28.8. The maximum atomic E-state index is 14.5. The number of amides is 2. The molecule has 0 fully saturated rings. The second kappa shape index (κ2) is 16.2. The Labute approximate surface area is 289 Å². The summed E-state index contributed by atoms with van der Waals surface area (Å²) in [5.74, 6) is -0.806. The number of benzene rings is 4. The maximum Gasteiger partial charge on any atom is 0.417 e. The SMILES string of the molecule is CCCNC(=O)[C@@H](Cc1ccccc1)N(Cc1cccc(OC)c1)C(=O)CN(c1ccc(Cl)c(C(F)(F)F)c1)S(=O)(=O)c1ccc(C)cc1. The minimum atomic E-state index is -4.91. The Hall–Kier alpha value is -4.55. The molecule has 0 bridgehead atoms. The minimum absolute atomic E-state index is 0.0793. The molecule has 0 aliphatic heterocycles. The summed E-state index contributed by atoms with van der Waals surface area (Å²) in [7, 11) is -3.14. The van der Waals surface area contributed by atoms with Gasteiger partial charge in [-0.2, -0.15) is 13.2 Å². The van der Waals surface area contributed by atoms with Gasteiger partial charge in [0.2, 0.25) is 11.8 Å². The van der Waals surface area contributed by atoms with Crippen molar-refractivity contribution >= 4 is 39.1 Å². The van der Waals surface area contributed by atoms with E-state index in [2.05, 4.69) is 5.32 Å². The summed E-state index contributed by atoms with van der Waals surface area (Å²) >= 11 is 5.88. The van der Waals surface area contributed by atoms with Gasteiger partial charge in [0.1, 0.15) is 18.3 Å². The molecular weight excluding hydrogens is 679 g/mol. The molecule has 0 aliphatic rings. The first-order valence-corrected chi connectivity index (χ1v) is 17.3. The second-order valence-electron chi connectivity index (χ2n) is 11.4. The van der Waals surface area contributed by atoms with Gasteiger partial charge in [0.15, 0.2) is 0 Å². The van der Waals surface area contributed by atoms with Crippen LogP contribution in [0.3, 0.4) is 0 Å². The number of alkyl halides is 3. The number of aryl methyl sites for hydroxylation is 1. The summed E-state index contributed by atoms with van der Waals surface area (Å²) in [5.41, 5.74) is 0.366. The molecule has 13 heteroatoms. The summed E-state index contributed by atoms with van der Waals surface area (Å²) < 4.78 is 76.2. The van der Waals surface area contributed by atoms with E-state index in [1.807, 2.05) is 13.0 Å². The molecule has 0 saturated carbocycles. The third-order valence-electron chi connectivity index (χ3n) is 7.74. The number of carbonyl (C=O) groups excluding carboxylic acids is 2. The number of sulfonamides is 1. The molecule has 0 radical (unpaired) electrons. The predicted molar refractivity (Wildman–Crippen MR) is 183 cm³/mol. The highest BCUT2D eigenvalue weighted by Crippen LogP contribution is 2.38. The van der Waals surface area contributed by atoms with Gasteiger partial charge >= 0.3 is 6.18 Å². The van der Waals surface area contributed by atoms with E-state index in [4.69, 9.17) is 16.3 Å². The smallest absolute Gasteiger partial charge is 0.417 e. The standard InChI is InChI=1S/C36H37ClF3N3O5S/c1-4-19-41-35(45)33(21-26-9-6-5-7-10-26)42(23-27-11-8-12-29(20-27)48-3)34(44)24-43(49(46,47)30-16-13-25(2)14-17-30)28-15-18-32(37)31(22-28)36(38,39)40/h5-18,20,22,33H,4,19,21,23-24H2,1-3H3,(H,41,45)/t33-/m1/s1. The normalized spacial score (nSPS) is 12.2. The van der Waals surface area contributed by atoms with Crippen LogP contribution in [-0.2, 0) is 38.8 Å². The topological polar surface area (TPSA) is 96.0 Å². The fourth-order valence-electron chi connectivity index (χ4n) is 5.14. The van der Waals surface area contributed by atoms with Crippen molar-refractivity contribution in [2.75, 3.05) is 24.5 Å². The lowest BCUT2D eigenvalue weighted by Crippen LogP contribution is -2.53. The first-order chi connectivity index (χ1) is 23.2. The van der Waals surface area contributed by atoms with Crippen molar-refractivity contribution in [2.45, 2.75) is 50.3 Å². The zero-order valence-electron chi connectivity index (χ0n) is 27.2. The van der Waals surface area contributed by atoms with Crippen LogP contribution in [0, 0.1) is 6.92 Å². The summed E-state index contributed by atoms with van der Waals surface area (Å²) in [4.78, 5) is 29.3. The largest absolute Gasteiger partial charge is 0.497 e. The van der Waals surface area contributed by atoms with Crippen molar-refractivity contribution in [2.24, 2.45) is 0 Å². The van der Waals surface area contributed by atoms with Crippen molar-refractivity contribution in [1.29, 1.82) is 0 Å². The Kier molecular flexibility index (Phi) is 12.3. The number of rotatable bonds is 14. The second-order valence-corrected chi connectivity index (χ2v) is 13.6. The zero-order chi connectivity index (χ0) is 35.8. The number of nitrogens with one attached hydrogen (secondary N) is 1. The van der Waals surface area contributed by atoms with E-state index in [9.17, 15) is 31.2 Å². The molecule has 4 rings (SSSR count). The van der Waals surface area contributed by atoms with Gasteiger partial charge < -0.3 is 15.0 Å². The first kappa shape index (κ1) is 37.3. The minimum Gasteiger partial charge on any atom is -0.497 e. The van der Waals surface area contributed by atoms with Crippen LogP contribution in [0.1, 0.15) is 35.6 Å². The van der Waals surface area contributed by atoms with Gasteiger partial charge in [0, 0.05) is 19.5 Å². The Balaban J connectivity index is 1.87. The molecule has 2 amide bonds. The molecule has 0 spiro atoms. The molecule has 0 heterocycles. The lowest BCUT2D eigenvalue weighted by molar-refractivity contribution is -0.140. The Morgan fingerprint density at radius 2 is 1.59 bits per heavy atom. The lowest BCUT2D eigenvalue weighted by atomic mass is 10.0. The molecule has 0 unspecified atom stereocenters. The summed E-state index contributed by atoms with van der Waals surface area (Å²) in [6, 6.07) is 23.0. The third kappa shape index (κ3) is 9.54. The van der Waals surface area contributed by atoms with Gasteiger partial charge in [-0.3, -0.25) is 13.9 Å². The number of methoxy groups -OCH3 is 1.